The fourth-order valence-corrected chi connectivity index (χ4v) is 3.82. The van der Waals surface area contributed by atoms with Crippen molar-refractivity contribution in [3.05, 3.63) is 119 Å². The van der Waals surface area contributed by atoms with E-state index < -0.39 is 0 Å². The number of hydrogen-bond donors (Lipinski definition) is 2. The molecule has 0 saturated carbocycles. The molecular weight excluding hydrogens is 411 g/mol. The number of aromatic amines is 2. The van der Waals surface area contributed by atoms with Crippen molar-refractivity contribution in [1.29, 1.82) is 0 Å². The molecule has 0 aliphatic heterocycles. The topological polar surface area (TPSA) is 57.4 Å². The van der Waals surface area contributed by atoms with Crippen molar-refractivity contribution in [2.45, 2.75) is 13.8 Å². The molecule has 4 rings (SSSR count). The zero-order valence-electron chi connectivity index (χ0n) is 18.7. The Morgan fingerprint density at radius 2 is 1.88 bits per heavy atom. The molecule has 0 bridgehead atoms. The number of aromatic nitrogens is 4. The minimum Gasteiger partial charge on any atom is -0.357 e. The van der Waals surface area contributed by atoms with Crippen LogP contribution in [0, 0.1) is 12.7 Å². The number of benzene rings is 1. The van der Waals surface area contributed by atoms with E-state index in [9.17, 15) is 4.39 Å². The molecule has 0 fully saturated rings. The van der Waals surface area contributed by atoms with Crippen LogP contribution in [0.3, 0.4) is 0 Å². The van der Waals surface area contributed by atoms with Crippen LogP contribution in [-0.2, 0) is 0 Å². The average molecular weight is 437 g/mol. The molecule has 5 heteroatoms. The van der Waals surface area contributed by atoms with Crippen LogP contribution in [0.15, 0.2) is 80.0 Å². The highest BCUT2D eigenvalue weighted by Gasteiger charge is 2.17. The van der Waals surface area contributed by atoms with Crippen LogP contribution in [0.1, 0.15) is 29.4 Å². The van der Waals surface area contributed by atoms with Crippen LogP contribution >= 0.6 is 0 Å². The van der Waals surface area contributed by atoms with Gasteiger partial charge in [-0.1, -0.05) is 55.7 Å². The summed E-state index contributed by atoms with van der Waals surface area (Å²) in [5, 5.41) is 9.44. The minimum atomic E-state index is -0.281. The molecule has 3 aromatic heterocycles. The highest BCUT2D eigenvalue weighted by molar-refractivity contribution is 5.87. The second kappa shape index (κ2) is 9.49. The van der Waals surface area contributed by atoms with Gasteiger partial charge in [0.25, 0.3) is 0 Å². The Balaban J connectivity index is 1.86. The molecule has 4 aromatic rings. The number of pyridine rings is 1. The van der Waals surface area contributed by atoms with Crippen LogP contribution in [0.2, 0.25) is 0 Å². The number of nitrogens with zero attached hydrogens (tertiary/aromatic N) is 2. The largest absolute Gasteiger partial charge is 0.357 e. The van der Waals surface area contributed by atoms with E-state index in [0.717, 1.165) is 50.1 Å². The number of H-pyrrole nitrogens is 2. The summed E-state index contributed by atoms with van der Waals surface area (Å²) in [6, 6.07) is 14.5. The lowest BCUT2D eigenvalue weighted by Gasteiger charge is -2.08. The second-order valence-electron chi connectivity index (χ2n) is 7.59. The number of nitrogens with one attached hydrogen (secondary N) is 2. The van der Waals surface area contributed by atoms with E-state index in [-0.39, 0.29) is 5.82 Å². The lowest BCUT2D eigenvalue weighted by Crippen LogP contribution is -2.23. The van der Waals surface area contributed by atoms with Gasteiger partial charge in [0, 0.05) is 28.2 Å². The molecule has 33 heavy (non-hydrogen) atoms. The third-order valence-corrected chi connectivity index (χ3v) is 5.44. The third-order valence-electron chi connectivity index (χ3n) is 5.44. The number of rotatable bonds is 6. The van der Waals surface area contributed by atoms with Crippen LogP contribution in [0.5, 0.6) is 0 Å². The zero-order valence-corrected chi connectivity index (χ0v) is 18.7. The molecule has 0 atom stereocenters. The van der Waals surface area contributed by atoms with Crippen molar-refractivity contribution < 1.29 is 4.39 Å². The van der Waals surface area contributed by atoms with E-state index in [4.69, 9.17) is 0 Å². The Morgan fingerprint density at radius 1 is 1.09 bits per heavy atom. The lowest BCUT2D eigenvalue weighted by molar-refractivity contribution is 0.624. The van der Waals surface area contributed by atoms with Crippen molar-refractivity contribution in [2.75, 3.05) is 0 Å². The Kier molecular flexibility index (Phi) is 6.31. The first kappa shape index (κ1) is 22.0. The summed E-state index contributed by atoms with van der Waals surface area (Å²) in [5.74, 6) is -0.281. The quantitative estimate of drug-likeness (QED) is 0.410. The Labute approximate surface area is 192 Å². The summed E-state index contributed by atoms with van der Waals surface area (Å²) in [6.07, 6.45) is 9.18. The standard InChI is InChI=1S/C28H25FN4/c1-5-11-20(21-12-7-8-13-24(21)29)22-17-27(31-19(22)4)28-23(25(6-2)32-33-28)16-18(3)26-14-9-10-15-30-26/h5-17,31-32H,1,3H2,2,4H3/b20-11-,23-16+,25-6+. The molecule has 3 heterocycles. The Hall–Kier alpha value is -4.25. The molecule has 4 nitrogen and oxygen atoms in total. The highest BCUT2D eigenvalue weighted by atomic mass is 19.1. The zero-order chi connectivity index (χ0) is 23.4. The average Bonchev–Trinajstić information content (AvgIpc) is 3.41. The monoisotopic (exact) mass is 436 g/mol. The lowest BCUT2D eigenvalue weighted by atomic mass is 9.97. The van der Waals surface area contributed by atoms with Crippen molar-refractivity contribution in [3.8, 4) is 11.4 Å². The first-order valence-electron chi connectivity index (χ1n) is 10.6. The van der Waals surface area contributed by atoms with Gasteiger partial charge in [0.05, 0.1) is 16.7 Å². The van der Waals surface area contributed by atoms with E-state index in [1.54, 1.807) is 24.4 Å². The van der Waals surface area contributed by atoms with Crippen LogP contribution in [0.4, 0.5) is 4.39 Å². The summed E-state index contributed by atoms with van der Waals surface area (Å²) in [6.45, 7) is 11.9. The third kappa shape index (κ3) is 4.39. The fraction of sp³-hybridized carbons (Fsp3) is 0.0714. The van der Waals surface area contributed by atoms with E-state index in [1.165, 1.54) is 6.07 Å². The van der Waals surface area contributed by atoms with Crippen molar-refractivity contribution in [1.82, 2.24) is 20.2 Å². The summed E-state index contributed by atoms with van der Waals surface area (Å²) < 4.78 is 14.6. The SMILES string of the molecule is C=C/C=C(/c1ccccc1F)c1cc(-c2n[nH]c(=C/C)/c2=C\C(=C)c2ccccn2)[nH]c1C. The first-order chi connectivity index (χ1) is 16.0. The van der Waals surface area contributed by atoms with Gasteiger partial charge in [-0.05, 0) is 55.3 Å². The van der Waals surface area contributed by atoms with E-state index in [0.29, 0.717) is 5.56 Å². The fourth-order valence-electron chi connectivity index (χ4n) is 3.82. The summed E-state index contributed by atoms with van der Waals surface area (Å²) >= 11 is 0. The maximum Gasteiger partial charge on any atom is 0.131 e. The molecule has 1 aromatic carbocycles. The van der Waals surface area contributed by atoms with Gasteiger partial charge in [-0.15, -0.1) is 0 Å². The van der Waals surface area contributed by atoms with Gasteiger partial charge in [-0.2, -0.15) is 5.10 Å². The molecule has 2 N–H and O–H groups in total. The van der Waals surface area contributed by atoms with Gasteiger partial charge in [0.15, 0.2) is 0 Å². The summed E-state index contributed by atoms with van der Waals surface area (Å²) in [4.78, 5) is 7.81. The van der Waals surface area contributed by atoms with Gasteiger partial charge in [0.2, 0.25) is 0 Å². The van der Waals surface area contributed by atoms with Crippen LogP contribution < -0.4 is 10.6 Å². The van der Waals surface area contributed by atoms with Gasteiger partial charge >= 0.3 is 0 Å². The maximum absolute atomic E-state index is 14.6. The molecule has 0 radical (unpaired) electrons. The number of allylic oxidation sites excluding steroid dienone is 3. The number of hydrogen-bond acceptors (Lipinski definition) is 2. The Morgan fingerprint density at radius 3 is 2.58 bits per heavy atom. The van der Waals surface area contributed by atoms with Gasteiger partial charge in [-0.3, -0.25) is 10.1 Å². The van der Waals surface area contributed by atoms with E-state index in [1.807, 2.05) is 62.4 Å². The smallest absolute Gasteiger partial charge is 0.131 e. The number of aryl methyl sites for hydroxylation is 1. The van der Waals surface area contributed by atoms with Crippen molar-refractivity contribution in [3.63, 3.8) is 0 Å². The molecule has 0 amide bonds. The molecule has 0 saturated heterocycles. The number of halogens is 1. The second-order valence-corrected chi connectivity index (χ2v) is 7.59. The first-order valence-corrected chi connectivity index (χ1v) is 10.6. The van der Waals surface area contributed by atoms with Crippen LogP contribution in [-0.4, -0.2) is 20.2 Å². The van der Waals surface area contributed by atoms with Gasteiger partial charge in [0.1, 0.15) is 11.5 Å². The molecule has 0 aliphatic carbocycles. The predicted molar refractivity (Wildman–Crippen MR) is 134 cm³/mol. The van der Waals surface area contributed by atoms with Crippen molar-refractivity contribution in [2.24, 2.45) is 0 Å². The van der Waals surface area contributed by atoms with Crippen LogP contribution in [0.25, 0.3) is 34.7 Å². The molecule has 164 valence electrons. The van der Waals surface area contributed by atoms with Gasteiger partial charge < -0.3 is 4.98 Å². The minimum absolute atomic E-state index is 0.281. The van der Waals surface area contributed by atoms with Gasteiger partial charge in [-0.25, -0.2) is 4.39 Å². The van der Waals surface area contributed by atoms with E-state index in [2.05, 4.69) is 33.3 Å². The van der Waals surface area contributed by atoms with E-state index >= 15 is 0 Å². The molecule has 0 aliphatic rings. The predicted octanol–water partition coefficient (Wildman–Crippen LogP) is 5.16. The maximum atomic E-state index is 14.6. The van der Waals surface area contributed by atoms with Crippen molar-refractivity contribution >= 4 is 23.3 Å². The molecule has 0 unspecified atom stereocenters. The highest BCUT2D eigenvalue weighted by Crippen LogP contribution is 2.30. The summed E-state index contributed by atoms with van der Waals surface area (Å²) in [5.41, 5.74) is 6.21. The summed E-state index contributed by atoms with van der Waals surface area (Å²) in [7, 11) is 0. The molecule has 0 spiro atoms. The normalized spacial score (nSPS) is 12.9. The molecular formula is C28H25FN4. The Bertz CT molecular complexity index is 1470.